The highest BCUT2D eigenvalue weighted by molar-refractivity contribution is 5.05. The second kappa shape index (κ2) is 4.63. The lowest BCUT2D eigenvalue weighted by Gasteiger charge is -2.24. The van der Waals surface area contributed by atoms with E-state index in [0.29, 0.717) is 11.7 Å². The number of aromatic nitrogens is 2. The summed E-state index contributed by atoms with van der Waals surface area (Å²) in [5.74, 6) is 1.21. The van der Waals surface area contributed by atoms with Crippen LogP contribution in [0.4, 0.5) is 0 Å². The maximum Gasteiger partial charge on any atom is 0.232 e. The fraction of sp³-hybridized carbons (Fsp3) is 0.846. The van der Waals surface area contributed by atoms with Gasteiger partial charge in [0, 0.05) is 6.61 Å². The third-order valence-electron chi connectivity index (χ3n) is 4.18. The monoisotopic (exact) mass is 252 g/mol. The van der Waals surface area contributed by atoms with Gasteiger partial charge in [-0.25, -0.2) is 0 Å². The smallest absolute Gasteiger partial charge is 0.232 e. The Kier molecular flexibility index (Phi) is 3.11. The molecule has 0 bridgehead atoms. The highest BCUT2D eigenvalue weighted by atomic mass is 16.5. The Morgan fingerprint density at radius 1 is 1.28 bits per heavy atom. The summed E-state index contributed by atoms with van der Waals surface area (Å²) in [6.07, 6.45) is 5.58. The summed E-state index contributed by atoms with van der Waals surface area (Å²) in [5.41, 5.74) is -0.401. The van der Waals surface area contributed by atoms with Gasteiger partial charge in [0.2, 0.25) is 11.7 Å². The Labute approximate surface area is 107 Å². The highest BCUT2D eigenvalue weighted by Gasteiger charge is 2.38. The molecule has 5 heteroatoms. The molecule has 3 rings (SSSR count). The van der Waals surface area contributed by atoms with Gasteiger partial charge in [-0.05, 0) is 32.6 Å². The molecule has 0 radical (unpaired) electrons. The average molecular weight is 252 g/mol. The van der Waals surface area contributed by atoms with Crippen molar-refractivity contribution in [3.63, 3.8) is 0 Å². The SMILES string of the molecule is CC1(c2noc(C3CCCCC3O)n2)CCCO1. The molecule has 100 valence electrons. The van der Waals surface area contributed by atoms with E-state index < -0.39 is 5.60 Å². The number of aliphatic hydroxyl groups excluding tert-OH is 1. The van der Waals surface area contributed by atoms with Gasteiger partial charge in [-0.3, -0.25) is 0 Å². The van der Waals surface area contributed by atoms with Crippen LogP contribution < -0.4 is 0 Å². The minimum Gasteiger partial charge on any atom is -0.392 e. The Balaban J connectivity index is 1.80. The van der Waals surface area contributed by atoms with Crippen LogP contribution in [0.3, 0.4) is 0 Å². The van der Waals surface area contributed by atoms with Crippen molar-refractivity contribution in [1.29, 1.82) is 0 Å². The molecule has 18 heavy (non-hydrogen) atoms. The molecular formula is C13H20N2O3. The fourth-order valence-corrected chi connectivity index (χ4v) is 2.96. The Hall–Kier alpha value is -0.940. The number of hydrogen-bond donors (Lipinski definition) is 1. The molecule has 0 spiro atoms. The fourth-order valence-electron chi connectivity index (χ4n) is 2.96. The van der Waals surface area contributed by atoms with Gasteiger partial charge in [-0.15, -0.1) is 0 Å². The molecule has 1 N–H and O–H groups in total. The number of rotatable bonds is 2. The molecule has 2 heterocycles. The molecule has 1 saturated heterocycles. The summed E-state index contributed by atoms with van der Waals surface area (Å²) in [5, 5.41) is 14.1. The molecule has 0 aromatic carbocycles. The van der Waals surface area contributed by atoms with E-state index in [1.165, 1.54) is 0 Å². The first-order chi connectivity index (χ1) is 8.69. The quantitative estimate of drug-likeness (QED) is 0.873. The maximum absolute atomic E-state index is 10.0. The van der Waals surface area contributed by atoms with E-state index in [4.69, 9.17) is 9.26 Å². The molecule has 1 saturated carbocycles. The van der Waals surface area contributed by atoms with Crippen LogP contribution in [0.5, 0.6) is 0 Å². The average Bonchev–Trinajstić information content (AvgIpc) is 2.99. The van der Waals surface area contributed by atoms with Gasteiger partial charge in [0.05, 0.1) is 12.0 Å². The minimum absolute atomic E-state index is 0.00463. The molecule has 3 unspecified atom stereocenters. The zero-order chi connectivity index (χ0) is 12.6. The first-order valence-electron chi connectivity index (χ1n) is 6.85. The largest absolute Gasteiger partial charge is 0.392 e. The first kappa shape index (κ1) is 12.1. The zero-order valence-electron chi connectivity index (χ0n) is 10.8. The standard InChI is InChI=1S/C13H20N2O3/c1-13(7-4-8-17-13)12-14-11(18-15-12)9-5-2-3-6-10(9)16/h9-10,16H,2-8H2,1H3. The third kappa shape index (κ3) is 2.06. The number of nitrogens with zero attached hydrogens (tertiary/aromatic N) is 2. The Morgan fingerprint density at radius 2 is 2.11 bits per heavy atom. The predicted molar refractivity (Wildman–Crippen MR) is 64.1 cm³/mol. The molecule has 1 aliphatic heterocycles. The molecule has 2 fully saturated rings. The summed E-state index contributed by atoms with van der Waals surface area (Å²) >= 11 is 0. The number of ether oxygens (including phenoxy) is 1. The van der Waals surface area contributed by atoms with Crippen LogP contribution in [0.15, 0.2) is 4.52 Å². The van der Waals surface area contributed by atoms with Crippen LogP contribution in [-0.4, -0.2) is 28.0 Å². The van der Waals surface area contributed by atoms with Crippen molar-refractivity contribution in [2.45, 2.75) is 63.1 Å². The summed E-state index contributed by atoms with van der Waals surface area (Å²) in [6, 6.07) is 0. The van der Waals surface area contributed by atoms with Crippen LogP contribution >= 0.6 is 0 Å². The van der Waals surface area contributed by atoms with Gasteiger partial charge >= 0.3 is 0 Å². The second-order valence-electron chi connectivity index (χ2n) is 5.60. The molecule has 3 atom stereocenters. The Bertz CT molecular complexity index is 412. The minimum atomic E-state index is -0.401. The summed E-state index contributed by atoms with van der Waals surface area (Å²) < 4.78 is 11.1. The summed E-state index contributed by atoms with van der Waals surface area (Å²) in [4.78, 5) is 4.48. The van der Waals surface area contributed by atoms with Crippen LogP contribution in [0.2, 0.25) is 0 Å². The van der Waals surface area contributed by atoms with Crippen molar-refractivity contribution in [2.24, 2.45) is 0 Å². The number of hydrogen-bond acceptors (Lipinski definition) is 5. The lowest BCUT2D eigenvalue weighted by molar-refractivity contribution is 0.00768. The van der Waals surface area contributed by atoms with Crippen LogP contribution in [0, 0.1) is 0 Å². The van der Waals surface area contributed by atoms with E-state index in [-0.39, 0.29) is 12.0 Å². The van der Waals surface area contributed by atoms with Crippen LogP contribution in [-0.2, 0) is 10.3 Å². The van der Waals surface area contributed by atoms with Crippen molar-refractivity contribution < 1.29 is 14.4 Å². The van der Waals surface area contributed by atoms with Gasteiger partial charge < -0.3 is 14.4 Å². The van der Waals surface area contributed by atoms with Crippen molar-refractivity contribution in [3.05, 3.63) is 11.7 Å². The first-order valence-corrected chi connectivity index (χ1v) is 6.85. The molecule has 2 aliphatic rings. The third-order valence-corrected chi connectivity index (χ3v) is 4.18. The van der Waals surface area contributed by atoms with Crippen molar-refractivity contribution in [2.75, 3.05) is 6.61 Å². The summed E-state index contributed by atoms with van der Waals surface area (Å²) in [7, 11) is 0. The van der Waals surface area contributed by atoms with Gasteiger partial charge in [-0.1, -0.05) is 18.0 Å². The lowest BCUT2D eigenvalue weighted by Crippen LogP contribution is -2.24. The number of aliphatic hydroxyl groups is 1. The molecule has 1 aromatic rings. The summed E-state index contributed by atoms with van der Waals surface area (Å²) in [6.45, 7) is 2.76. The molecular weight excluding hydrogens is 232 g/mol. The van der Waals surface area contributed by atoms with E-state index in [0.717, 1.165) is 45.1 Å². The van der Waals surface area contributed by atoms with Crippen molar-refractivity contribution >= 4 is 0 Å². The van der Waals surface area contributed by atoms with Crippen LogP contribution in [0.25, 0.3) is 0 Å². The lowest BCUT2D eigenvalue weighted by atomic mass is 9.86. The second-order valence-corrected chi connectivity index (χ2v) is 5.60. The zero-order valence-corrected chi connectivity index (χ0v) is 10.8. The highest BCUT2D eigenvalue weighted by Crippen LogP contribution is 2.36. The molecule has 1 aliphatic carbocycles. The van der Waals surface area contributed by atoms with Crippen molar-refractivity contribution in [1.82, 2.24) is 10.1 Å². The van der Waals surface area contributed by atoms with E-state index in [9.17, 15) is 5.11 Å². The molecule has 5 nitrogen and oxygen atoms in total. The normalized spacial score (nSPS) is 37.0. The molecule has 1 aromatic heterocycles. The van der Waals surface area contributed by atoms with E-state index in [1.54, 1.807) is 0 Å². The van der Waals surface area contributed by atoms with Crippen molar-refractivity contribution in [3.8, 4) is 0 Å². The topological polar surface area (TPSA) is 68.4 Å². The van der Waals surface area contributed by atoms with Gasteiger partial charge in [0.1, 0.15) is 5.60 Å². The maximum atomic E-state index is 10.0. The van der Waals surface area contributed by atoms with E-state index in [1.807, 2.05) is 6.92 Å². The van der Waals surface area contributed by atoms with Gasteiger partial charge in [0.25, 0.3) is 0 Å². The van der Waals surface area contributed by atoms with E-state index >= 15 is 0 Å². The Morgan fingerprint density at radius 3 is 2.83 bits per heavy atom. The van der Waals surface area contributed by atoms with Gasteiger partial charge in [-0.2, -0.15) is 4.98 Å². The predicted octanol–water partition coefficient (Wildman–Crippen LogP) is 2.11. The molecule has 0 amide bonds. The van der Waals surface area contributed by atoms with Gasteiger partial charge in [0.15, 0.2) is 0 Å². The van der Waals surface area contributed by atoms with E-state index in [2.05, 4.69) is 10.1 Å². The van der Waals surface area contributed by atoms with Crippen LogP contribution in [0.1, 0.15) is 63.1 Å².